The van der Waals surface area contributed by atoms with Gasteiger partial charge in [0, 0.05) is 0 Å². The van der Waals surface area contributed by atoms with E-state index in [9.17, 15) is 30.7 Å². The largest absolute Gasteiger partial charge is 0.573 e. The third-order valence-corrected chi connectivity index (χ3v) is 2.35. The van der Waals surface area contributed by atoms with Gasteiger partial charge in [0.2, 0.25) is 0 Å². The first-order chi connectivity index (χ1) is 7.52. The van der Waals surface area contributed by atoms with Crippen LogP contribution >= 0.6 is 15.9 Å². The molecule has 0 aliphatic heterocycles. The first kappa shape index (κ1) is 14.1. The van der Waals surface area contributed by atoms with Crippen molar-refractivity contribution in [2.75, 3.05) is 0 Å². The van der Waals surface area contributed by atoms with Crippen LogP contribution in [0.2, 0.25) is 0 Å². The maximum absolute atomic E-state index is 13.2. The molecule has 0 N–H and O–H groups in total. The second-order valence-electron chi connectivity index (χ2n) is 2.78. The average molecular weight is 327 g/mol. The quantitative estimate of drug-likeness (QED) is 0.690. The van der Waals surface area contributed by atoms with E-state index < -0.39 is 34.1 Å². The highest BCUT2D eigenvalue weighted by atomic mass is 79.9. The van der Waals surface area contributed by atoms with Crippen LogP contribution in [0.3, 0.4) is 0 Å². The summed E-state index contributed by atoms with van der Waals surface area (Å²) < 4.78 is 87.2. The number of ether oxygens (including phenoxy) is 1. The molecule has 0 saturated heterocycles. The standard InChI is InChI=1S/C8H2BrF7O/c9-5-3(7(11,12)13)1-2-4(6(5)10)17-8(14,15)16/h1-2H. The Morgan fingerprint density at radius 1 is 1.00 bits per heavy atom. The normalized spacial score (nSPS) is 12.7. The summed E-state index contributed by atoms with van der Waals surface area (Å²) in [5, 5.41) is 0. The predicted molar refractivity (Wildman–Crippen MR) is 45.8 cm³/mol. The summed E-state index contributed by atoms with van der Waals surface area (Å²) in [6.07, 6.45) is -10.1. The lowest BCUT2D eigenvalue weighted by atomic mass is 10.2. The van der Waals surface area contributed by atoms with E-state index in [1.54, 1.807) is 0 Å². The minimum atomic E-state index is -5.18. The highest BCUT2D eigenvalue weighted by Gasteiger charge is 2.37. The molecule has 96 valence electrons. The number of alkyl halides is 6. The first-order valence-corrected chi connectivity index (χ1v) is 4.62. The lowest BCUT2D eigenvalue weighted by Crippen LogP contribution is -2.18. The van der Waals surface area contributed by atoms with E-state index in [-0.39, 0.29) is 12.1 Å². The number of rotatable bonds is 1. The lowest BCUT2D eigenvalue weighted by Gasteiger charge is -2.13. The van der Waals surface area contributed by atoms with E-state index in [1.165, 1.54) is 0 Å². The zero-order chi connectivity index (χ0) is 13.4. The molecule has 0 spiro atoms. The zero-order valence-corrected chi connectivity index (χ0v) is 9.17. The molecule has 9 heteroatoms. The van der Waals surface area contributed by atoms with Crippen molar-refractivity contribution in [3.8, 4) is 5.75 Å². The van der Waals surface area contributed by atoms with Crippen LogP contribution in [0.5, 0.6) is 5.75 Å². The van der Waals surface area contributed by atoms with Gasteiger partial charge in [-0.15, -0.1) is 13.2 Å². The molecule has 0 aromatic heterocycles. The molecule has 0 amide bonds. The Bertz CT molecular complexity index is 423. The fourth-order valence-electron chi connectivity index (χ4n) is 0.954. The molecule has 1 aromatic carbocycles. The van der Waals surface area contributed by atoms with Crippen molar-refractivity contribution in [3.63, 3.8) is 0 Å². The van der Waals surface area contributed by atoms with E-state index in [0.29, 0.717) is 0 Å². The second-order valence-corrected chi connectivity index (χ2v) is 3.58. The summed E-state index contributed by atoms with van der Waals surface area (Å²) >= 11 is 2.23. The van der Waals surface area contributed by atoms with E-state index >= 15 is 0 Å². The monoisotopic (exact) mass is 326 g/mol. The lowest BCUT2D eigenvalue weighted by molar-refractivity contribution is -0.275. The van der Waals surface area contributed by atoms with Crippen LogP contribution in [-0.2, 0) is 6.18 Å². The van der Waals surface area contributed by atoms with Gasteiger partial charge in [0.15, 0.2) is 11.6 Å². The van der Waals surface area contributed by atoms with Crippen molar-refractivity contribution in [2.45, 2.75) is 12.5 Å². The van der Waals surface area contributed by atoms with E-state index in [4.69, 9.17) is 0 Å². The highest BCUT2D eigenvalue weighted by Crippen LogP contribution is 2.39. The molecule has 1 aromatic rings. The van der Waals surface area contributed by atoms with Gasteiger partial charge in [0.1, 0.15) is 0 Å². The highest BCUT2D eigenvalue weighted by molar-refractivity contribution is 9.10. The smallest absolute Gasteiger partial charge is 0.403 e. The summed E-state index contributed by atoms with van der Waals surface area (Å²) in [6, 6.07) is 0.546. The third-order valence-electron chi connectivity index (χ3n) is 1.58. The Hall–Kier alpha value is -0.990. The molecule has 0 fully saturated rings. The van der Waals surface area contributed by atoms with Crippen molar-refractivity contribution in [1.82, 2.24) is 0 Å². The van der Waals surface area contributed by atoms with Crippen molar-refractivity contribution in [1.29, 1.82) is 0 Å². The van der Waals surface area contributed by atoms with Crippen molar-refractivity contribution in [3.05, 3.63) is 28.0 Å². The summed E-state index contributed by atoms with van der Waals surface area (Å²) in [6.45, 7) is 0. The Kier molecular flexibility index (Phi) is 3.60. The molecule has 0 saturated carbocycles. The van der Waals surface area contributed by atoms with Crippen LogP contribution in [0.1, 0.15) is 5.56 Å². The molecule has 17 heavy (non-hydrogen) atoms. The van der Waals surface area contributed by atoms with Crippen LogP contribution < -0.4 is 4.74 Å². The molecule has 0 bridgehead atoms. The van der Waals surface area contributed by atoms with Gasteiger partial charge < -0.3 is 4.74 Å². The van der Waals surface area contributed by atoms with Crippen molar-refractivity contribution >= 4 is 15.9 Å². The summed E-state index contributed by atoms with van der Waals surface area (Å²) in [5.74, 6) is -3.10. The fraction of sp³-hybridized carbons (Fsp3) is 0.250. The number of halogens is 8. The van der Waals surface area contributed by atoms with Gasteiger partial charge >= 0.3 is 12.5 Å². The van der Waals surface area contributed by atoms with Gasteiger partial charge in [-0.25, -0.2) is 4.39 Å². The zero-order valence-electron chi connectivity index (χ0n) is 7.59. The van der Waals surface area contributed by atoms with Gasteiger partial charge in [-0.3, -0.25) is 0 Å². The van der Waals surface area contributed by atoms with Crippen LogP contribution in [0.15, 0.2) is 16.6 Å². The van der Waals surface area contributed by atoms with E-state index in [0.717, 1.165) is 0 Å². The minimum Gasteiger partial charge on any atom is -0.403 e. The first-order valence-electron chi connectivity index (χ1n) is 3.83. The van der Waals surface area contributed by atoms with Crippen LogP contribution in [-0.4, -0.2) is 6.36 Å². The molecule has 0 aliphatic rings. The van der Waals surface area contributed by atoms with Gasteiger partial charge in [-0.2, -0.15) is 13.2 Å². The fourth-order valence-corrected chi connectivity index (χ4v) is 1.51. The molecular formula is C8H2BrF7O. The average Bonchev–Trinajstić information content (AvgIpc) is 2.08. The summed E-state index contributed by atoms with van der Waals surface area (Å²) in [7, 11) is 0. The molecule has 0 radical (unpaired) electrons. The third kappa shape index (κ3) is 3.48. The van der Waals surface area contributed by atoms with Crippen molar-refractivity contribution in [2.24, 2.45) is 0 Å². The number of benzene rings is 1. The van der Waals surface area contributed by atoms with Crippen LogP contribution in [0.25, 0.3) is 0 Å². The SMILES string of the molecule is Fc1c(OC(F)(F)F)ccc(C(F)(F)F)c1Br. The Morgan fingerprint density at radius 2 is 1.53 bits per heavy atom. The Balaban J connectivity index is 3.21. The van der Waals surface area contributed by atoms with Crippen molar-refractivity contribution < 1.29 is 35.5 Å². The maximum Gasteiger partial charge on any atom is 0.573 e. The Labute approximate surface area is 98.3 Å². The number of hydrogen-bond acceptors (Lipinski definition) is 1. The molecular weight excluding hydrogens is 325 g/mol. The van der Waals surface area contributed by atoms with Gasteiger partial charge in [-0.1, -0.05) is 0 Å². The van der Waals surface area contributed by atoms with Gasteiger partial charge in [-0.05, 0) is 28.1 Å². The second kappa shape index (κ2) is 4.35. The number of hydrogen-bond donors (Lipinski definition) is 0. The van der Waals surface area contributed by atoms with Gasteiger partial charge in [0.25, 0.3) is 0 Å². The molecule has 0 aliphatic carbocycles. The van der Waals surface area contributed by atoms with E-state index in [2.05, 4.69) is 20.7 Å². The summed E-state index contributed by atoms with van der Waals surface area (Å²) in [5.41, 5.74) is -1.43. The molecule has 0 atom stereocenters. The maximum atomic E-state index is 13.2. The predicted octanol–water partition coefficient (Wildman–Crippen LogP) is 4.51. The summed E-state index contributed by atoms with van der Waals surface area (Å²) in [4.78, 5) is 0. The molecule has 0 unspecified atom stereocenters. The van der Waals surface area contributed by atoms with E-state index in [1.807, 2.05) is 0 Å². The molecule has 1 rings (SSSR count). The Morgan fingerprint density at radius 3 is 1.94 bits per heavy atom. The van der Waals surface area contributed by atoms with Crippen LogP contribution in [0, 0.1) is 5.82 Å². The molecule has 1 nitrogen and oxygen atoms in total. The molecule has 0 heterocycles. The van der Waals surface area contributed by atoms with Crippen LogP contribution in [0.4, 0.5) is 30.7 Å². The minimum absolute atomic E-state index is 0.260. The van der Waals surface area contributed by atoms with Gasteiger partial charge in [0.05, 0.1) is 10.0 Å². The topological polar surface area (TPSA) is 9.23 Å².